The lowest BCUT2D eigenvalue weighted by Crippen LogP contribution is -1.91. The van der Waals surface area contributed by atoms with E-state index in [1.54, 1.807) is 0 Å². The quantitative estimate of drug-likeness (QED) is 0.591. The van der Waals surface area contributed by atoms with Gasteiger partial charge in [-0.15, -0.1) is 0 Å². The molecule has 4 nitrogen and oxygen atoms in total. The van der Waals surface area contributed by atoms with Crippen LogP contribution in [0.3, 0.4) is 0 Å². The molecule has 6 heteroatoms. The second-order valence-corrected chi connectivity index (χ2v) is 3.68. The van der Waals surface area contributed by atoms with Crippen molar-refractivity contribution in [3.63, 3.8) is 0 Å². The predicted octanol–water partition coefficient (Wildman–Crippen LogP) is 3.04. The molecule has 0 N–H and O–H groups in total. The minimum atomic E-state index is -0.538. The summed E-state index contributed by atoms with van der Waals surface area (Å²) >= 11 is 3.03. The van der Waals surface area contributed by atoms with Crippen LogP contribution < -0.4 is 0 Å². The van der Waals surface area contributed by atoms with Crippen LogP contribution in [-0.4, -0.2) is 9.91 Å². The third kappa shape index (κ3) is 1.68. The highest BCUT2D eigenvalue weighted by Gasteiger charge is 2.11. The van der Waals surface area contributed by atoms with Gasteiger partial charge in [-0.3, -0.25) is 10.1 Å². The van der Waals surface area contributed by atoms with Gasteiger partial charge in [0.2, 0.25) is 0 Å². The molecule has 0 spiro atoms. The van der Waals surface area contributed by atoms with E-state index in [1.807, 2.05) is 0 Å². The summed E-state index contributed by atoms with van der Waals surface area (Å²) in [5.41, 5.74) is 0.265. The lowest BCUT2D eigenvalue weighted by atomic mass is 10.2. The zero-order valence-electron chi connectivity index (χ0n) is 7.28. The number of nitrogens with zero attached hydrogens (tertiary/aromatic N) is 2. The Morgan fingerprint density at radius 2 is 2.20 bits per heavy atom. The van der Waals surface area contributed by atoms with Gasteiger partial charge in [0.15, 0.2) is 0 Å². The molecule has 0 amide bonds. The van der Waals surface area contributed by atoms with Crippen LogP contribution in [0.15, 0.2) is 28.9 Å². The molecule has 15 heavy (non-hydrogen) atoms. The molecule has 0 saturated carbocycles. The zero-order chi connectivity index (χ0) is 11.0. The molecule has 76 valence electrons. The van der Waals surface area contributed by atoms with E-state index in [2.05, 4.69) is 20.9 Å². The van der Waals surface area contributed by atoms with Gasteiger partial charge in [-0.05, 0) is 28.1 Å². The lowest BCUT2D eigenvalue weighted by molar-refractivity contribution is -0.385. The Morgan fingerprint density at radius 3 is 2.87 bits per heavy atom. The molecule has 0 saturated heterocycles. The van der Waals surface area contributed by atoms with Gasteiger partial charge in [0.05, 0.1) is 14.9 Å². The molecule has 1 aromatic carbocycles. The largest absolute Gasteiger partial charge is 0.288 e. The fraction of sp³-hybridized carbons (Fsp3) is 0. The van der Waals surface area contributed by atoms with Gasteiger partial charge in [0.1, 0.15) is 12.0 Å². The summed E-state index contributed by atoms with van der Waals surface area (Å²) in [7, 11) is 0. The summed E-state index contributed by atoms with van der Waals surface area (Å²) in [5, 5.41) is 11.0. The minimum absolute atomic E-state index is 0.110. The van der Waals surface area contributed by atoms with Crippen LogP contribution in [0.25, 0.3) is 10.9 Å². The summed E-state index contributed by atoms with van der Waals surface area (Å²) in [6.45, 7) is 0. The first-order valence-electron chi connectivity index (χ1n) is 3.98. The van der Waals surface area contributed by atoms with Crippen molar-refractivity contribution in [2.24, 2.45) is 0 Å². The number of hydrogen-bond acceptors (Lipinski definition) is 3. The van der Waals surface area contributed by atoms with Gasteiger partial charge < -0.3 is 0 Å². The van der Waals surface area contributed by atoms with Gasteiger partial charge in [0, 0.05) is 11.5 Å². The number of hydrogen-bond donors (Lipinski definition) is 0. The number of rotatable bonds is 1. The molecule has 2 aromatic rings. The van der Waals surface area contributed by atoms with Gasteiger partial charge in [-0.2, -0.15) is 0 Å². The van der Waals surface area contributed by atoms with Crippen LogP contribution >= 0.6 is 15.9 Å². The van der Waals surface area contributed by atoms with E-state index in [1.165, 1.54) is 18.2 Å². The second-order valence-electron chi connectivity index (χ2n) is 2.88. The zero-order valence-corrected chi connectivity index (χ0v) is 8.86. The standard InChI is InChI=1S/C9H4BrFN2O2/c10-8-7(11)2-1-5-3-6(13(14)15)4-12-9(5)8/h1-4H. The van der Waals surface area contributed by atoms with Crippen LogP contribution in [0.5, 0.6) is 0 Å². The molecule has 0 unspecified atom stereocenters. The maximum absolute atomic E-state index is 13.1. The van der Waals surface area contributed by atoms with Crippen molar-refractivity contribution in [2.45, 2.75) is 0 Å². The Morgan fingerprint density at radius 1 is 1.47 bits per heavy atom. The number of halogens is 2. The lowest BCUT2D eigenvalue weighted by Gasteiger charge is -2.00. The normalized spacial score (nSPS) is 10.5. The predicted molar refractivity (Wildman–Crippen MR) is 56.1 cm³/mol. The Balaban J connectivity index is 2.75. The number of fused-ring (bicyclic) bond motifs is 1. The van der Waals surface area contributed by atoms with E-state index in [-0.39, 0.29) is 10.2 Å². The van der Waals surface area contributed by atoms with Crippen LogP contribution in [0, 0.1) is 15.9 Å². The number of pyridine rings is 1. The smallest absolute Gasteiger partial charge is 0.258 e. The van der Waals surface area contributed by atoms with Crippen molar-refractivity contribution in [3.8, 4) is 0 Å². The first-order valence-corrected chi connectivity index (χ1v) is 4.77. The van der Waals surface area contributed by atoms with Crippen molar-refractivity contribution in [2.75, 3.05) is 0 Å². The van der Waals surface area contributed by atoms with Crippen LogP contribution in [-0.2, 0) is 0 Å². The van der Waals surface area contributed by atoms with E-state index in [0.29, 0.717) is 10.9 Å². The highest BCUT2D eigenvalue weighted by Crippen LogP contribution is 2.27. The maximum atomic E-state index is 13.1. The fourth-order valence-corrected chi connectivity index (χ4v) is 1.69. The van der Waals surface area contributed by atoms with E-state index >= 15 is 0 Å². The second kappa shape index (κ2) is 3.54. The van der Waals surface area contributed by atoms with Crippen molar-refractivity contribution >= 4 is 32.5 Å². The summed E-state index contributed by atoms with van der Waals surface area (Å²) in [5.74, 6) is -0.441. The number of benzene rings is 1. The molecule has 0 radical (unpaired) electrons. The van der Waals surface area contributed by atoms with Gasteiger partial charge in [-0.25, -0.2) is 9.37 Å². The third-order valence-corrected chi connectivity index (χ3v) is 2.69. The van der Waals surface area contributed by atoms with Crippen molar-refractivity contribution in [1.29, 1.82) is 0 Å². The molecule has 1 heterocycles. The molecule has 2 rings (SSSR count). The molecular weight excluding hydrogens is 267 g/mol. The molecule has 0 atom stereocenters. The SMILES string of the molecule is O=[N+]([O-])c1cnc2c(Br)c(F)ccc2c1. The van der Waals surface area contributed by atoms with Crippen LogP contribution in [0.1, 0.15) is 0 Å². The van der Waals surface area contributed by atoms with Crippen molar-refractivity contribution in [1.82, 2.24) is 4.98 Å². The van der Waals surface area contributed by atoms with Crippen molar-refractivity contribution < 1.29 is 9.31 Å². The highest BCUT2D eigenvalue weighted by atomic mass is 79.9. The molecule has 0 aliphatic rings. The maximum Gasteiger partial charge on any atom is 0.288 e. The Kier molecular flexibility index (Phi) is 2.36. The fourth-order valence-electron chi connectivity index (χ4n) is 1.23. The molecule has 0 fully saturated rings. The van der Waals surface area contributed by atoms with Crippen LogP contribution in [0.4, 0.5) is 10.1 Å². The van der Waals surface area contributed by atoms with Crippen molar-refractivity contribution in [3.05, 3.63) is 44.8 Å². The first kappa shape index (κ1) is 9.97. The summed E-state index contributed by atoms with van der Waals surface area (Å²) in [6.07, 6.45) is 1.10. The van der Waals surface area contributed by atoms with Gasteiger partial charge in [0.25, 0.3) is 5.69 Å². The number of aromatic nitrogens is 1. The Bertz CT molecular complexity index is 559. The van der Waals surface area contributed by atoms with E-state index in [9.17, 15) is 14.5 Å². The minimum Gasteiger partial charge on any atom is -0.258 e. The molecular formula is C9H4BrFN2O2. The monoisotopic (exact) mass is 270 g/mol. The van der Waals surface area contributed by atoms with E-state index < -0.39 is 10.7 Å². The number of nitro groups is 1. The Hall–Kier alpha value is -1.56. The average molecular weight is 271 g/mol. The topological polar surface area (TPSA) is 56.0 Å². The third-order valence-electron chi connectivity index (χ3n) is 1.94. The van der Waals surface area contributed by atoms with Crippen LogP contribution in [0.2, 0.25) is 0 Å². The molecule has 0 aliphatic heterocycles. The van der Waals surface area contributed by atoms with E-state index in [4.69, 9.17) is 0 Å². The molecule has 1 aromatic heterocycles. The first-order chi connectivity index (χ1) is 7.09. The molecule has 0 bridgehead atoms. The van der Waals surface area contributed by atoms with Gasteiger partial charge in [-0.1, -0.05) is 0 Å². The summed E-state index contributed by atoms with van der Waals surface area (Å²) in [4.78, 5) is 13.8. The highest BCUT2D eigenvalue weighted by molar-refractivity contribution is 9.10. The van der Waals surface area contributed by atoms with E-state index in [0.717, 1.165) is 6.20 Å². The summed E-state index contributed by atoms with van der Waals surface area (Å²) in [6, 6.07) is 4.04. The molecule has 0 aliphatic carbocycles. The summed E-state index contributed by atoms with van der Waals surface area (Å²) < 4.78 is 13.3. The average Bonchev–Trinajstić information content (AvgIpc) is 2.23. The Labute approximate surface area is 92.0 Å². The van der Waals surface area contributed by atoms with Gasteiger partial charge >= 0.3 is 0 Å².